The van der Waals surface area contributed by atoms with Crippen molar-refractivity contribution in [1.29, 1.82) is 0 Å². The van der Waals surface area contributed by atoms with Gasteiger partial charge in [0, 0.05) is 32.1 Å². The number of hydrogen-bond acceptors (Lipinski definition) is 5. The largest absolute Gasteiger partial charge is 0.362 e. The Labute approximate surface area is 211 Å². The maximum atomic E-state index is 4.83. The maximum Gasteiger partial charge on any atom is 0.225 e. The summed E-state index contributed by atoms with van der Waals surface area (Å²) in [6.07, 6.45) is 6.17. The first-order valence-electron chi connectivity index (χ1n) is 13.2. The van der Waals surface area contributed by atoms with Crippen molar-refractivity contribution in [3.05, 3.63) is 57.6 Å². The molecule has 2 N–H and O–H groups in total. The van der Waals surface area contributed by atoms with Crippen LogP contribution in [0, 0.1) is 40.5 Å². The van der Waals surface area contributed by atoms with Crippen LogP contribution < -0.4 is 15.5 Å². The minimum absolute atomic E-state index is 0.458. The Morgan fingerprint density at radius 3 is 2.11 bits per heavy atom. The summed E-state index contributed by atoms with van der Waals surface area (Å²) in [6.45, 7) is 13.4. The molecule has 0 amide bonds. The summed E-state index contributed by atoms with van der Waals surface area (Å²) in [4.78, 5) is 11.7. The molecule has 0 aliphatic heterocycles. The molecule has 1 aliphatic rings. The zero-order valence-electron chi connectivity index (χ0n) is 22.8. The van der Waals surface area contributed by atoms with E-state index in [4.69, 9.17) is 9.97 Å². The highest BCUT2D eigenvalue weighted by Gasteiger charge is 2.22. The Bertz CT molecular complexity index is 1150. The van der Waals surface area contributed by atoms with E-state index in [2.05, 4.69) is 62.3 Å². The lowest BCUT2D eigenvalue weighted by Gasteiger charge is -2.29. The van der Waals surface area contributed by atoms with Crippen molar-refractivity contribution in [3.63, 3.8) is 0 Å². The number of fused-ring (bicyclic) bond motifs is 1. The van der Waals surface area contributed by atoms with E-state index in [0.29, 0.717) is 6.04 Å². The molecule has 1 saturated carbocycles. The second-order valence-corrected chi connectivity index (χ2v) is 10.7. The Balaban J connectivity index is 1.27. The number of nitrogens with zero attached hydrogens (tertiary/aromatic N) is 3. The summed E-state index contributed by atoms with van der Waals surface area (Å²) in [5.41, 5.74) is 9.74. The van der Waals surface area contributed by atoms with Gasteiger partial charge in [-0.2, -0.15) is 4.98 Å². The minimum Gasteiger partial charge on any atom is -0.362 e. The summed E-state index contributed by atoms with van der Waals surface area (Å²) in [5, 5.41) is 8.49. The van der Waals surface area contributed by atoms with Crippen molar-refractivity contribution in [2.24, 2.45) is 5.92 Å². The molecule has 0 unspecified atom stereocenters. The Kier molecular flexibility index (Phi) is 7.95. The van der Waals surface area contributed by atoms with Gasteiger partial charge in [-0.05, 0) is 125 Å². The highest BCUT2D eigenvalue weighted by atomic mass is 15.2. The standard InChI is InChI=1S/C30H43N5/c1-19-20(2)22(4)27(23(5)21(19)3)18-31-17-16-24-12-14-25(15-13-24)32-30-33-28-11-9-8-10-26(28)29(34-30)35(6)7/h8-11,24-25,31H,12-18H2,1-7H3,(H,32,33,34)/t24-,25+. The van der Waals surface area contributed by atoms with Gasteiger partial charge in [-0.3, -0.25) is 0 Å². The molecule has 35 heavy (non-hydrogen) atoms. The molecule has 5 nitrogen and oxygen atoms in total. The normalized spacial score (nSPS) is 18.1. The second-order valence-electron chi connectivity index (χ2n) is 10.7. The molecule has 1 aliphatic carbocycles. The lowest BCUT2D eigenvalue weighted by atomic mass is 9.84. The summed E-state index contributed by atoms with van der Waals surface area (Å²) in [7, 11) is 4.09. The maximum absolute atomic E-state index is 4.83. The third-order valence-electron chi connectivity index (χ3n) is 8.37. The van der Waals surface area contributed by atoms with Gasteiger partial charge in [0.1, 0.15) is 5.82 Å². The second kappa shape index (κ2) is 10.9. The highest BCUT2D eigenvalue weighted by molar-refractivity contribution is 5.90. The number of nitrogens with one attached hydrogen (secondary N) is 2. The molecule has 0 bridgehead atoms. The van der Waals surface area contributed by atoms with Crippen molar-refractivity contribution < 1.29 is 0 Å². The predicted octanol–water partition coefficient (Wildman–Crippen LogP) is 6.39. The van der Waals surface area contributed by atoms with Crippen molar-refractivity contribution in [2.45, 2.75) is 79.3 Å². The topological polar surface area (TPSA) is 53.1 Å². The van der Waals surface area contributed by atoms with Crippen LogP contribution in [-0.4, -0.2) is 36.6 Å². The molecule has 2 aromatic carbocycles. The molecule has 0 saturated heterocycles. The quantitative estimate of drug-likeness (QED) is 0.371. The molecular formula is C30H43N5. The Hall–Kier alpha value is -2.66. The minimum atomic E-state index is 0.458. The first-order chi connectivity index (χ1) is 16.8. The molecule has 1 fully saturated rings. The highest BCUT2D eigenvalue weighted by Crippen LogP contribution is 2.30. The van der Waals surface area contributed by atoms with Gasteiger partial charge in [-0.25, -0.2) is 4.98 Å². The van der Waals surface area contributed by atoms with Crippen molar-refractivity contribution in [3.8, 4) is 0 Å². The lowest BCUT2D eigenvalue weighted by Crippen LogP contribution is -2.29. The predicted molar refractivity (Wildman–Crippen MR) is 150 cm³/mol. The Morgan fingerprint density at radius 1 is 0.829 bits per heavy atom. The van der Waals surface area contributed by atoms with Gasteiger partial charge in [0.25, 0.3) is 0 Å². The van der Waals surface area contributed by atoms with E-state index in [1.54, 1.807) is 0 Å². The van der Waals surface area contributed by atoms with Gasteiger partial charge in [0.2, 0.25) is 5.95 Å². The summed E-state index contributed by atoms with van der Waals surface area (Å²) >= 11 is 0. The molecule has 5 heteroatoms. The Morgan fingerprint density at radius 2 is 1.46 bits per heavy atom. The average Bonchev–Trinajstić information content (AvgIpc) is 2.86. The van der Waals surface area contributed by atoms with Crippen LogP contribution in [0.3, 0.4) is 0 Å². The fourth-order valence-corrected chi connectivity index (χ4v) is 5.61. The van der Waals surface area contributed by atoms with Gasteiger partial charge in [0.05, 0.1) is 5.52 Å². The van der Waals surface area contributed by atoms with E-state index < -0.39 is 0 Å². The molecule has 0 radical (unpaired) electrons. The van der Waals surface area contributed by atoms with Crippen LogP contribution in [0.25, 0.3) is 10.9 Å². The van der Waals surface area contributed by atoms with E-state index in [1.165, 1.54) is 65.5 Å². The monoisotopic (exact) mass is 473 g/mol. The molecule has 188 valence electrons. The third kappa shape index (κ3) is 5.61. The van der Waals surface area contributed by atoms with Gasteiger partial charge in [-0.1, -0.05) is 12.1 Å². The van der Waals surface area contributed by atoms with E-state index in [1.807, 2.05) is 26.2 Å². The van der Waals surface area contributed by atoms with Crippen LogP contribution >= 0.6 is 0 Å². The molecule has 0 spiro atoms. The van der Waals surface area contributed by atoms with Crippen molar-refractivity contribution in [2.75, 3.05) is 30.9 Å². The van der Waals surface area contributed by atoms with Crippen molar-refractivity contribution in [1.82, 2.24) is 15.3 Å². The van der Waals surface area contributed by atoms with Crippen LogP contribution in [0.4, 0.5) is 11.8 Å². The van der Waals surface area contributed by atoms with Gasteiger partial charge >= 0.3 is 0 Å². The molecule has 3 aromatic rings. The van der Waals surface area contributed by atoms with Crippen LogP contribution in [0.1, 0.15) is 65.5 Å². The zero-order valence-corrected chi connectivity index (χ0v) is 22.8. The number of hydrogen-bond donors (Lipinski definition) is 2. The van der Waals surface area contributed by atoms with Crippen LogP contribution in [-0.2, 0) is 6.54 Å². The molecule has 1 heterocycles. The molecular weight excluding hydrogens is 430 g/mol. The number of para-hydroxylation sites is 1. The lowest BCUT2D eigenvalue weighted by molar-refractivity contribution is 0.316. The molecule has 1 aromatic heterocycles. The first-order valence-corrected chi connectivity index (χ1v) is 13.2. The first kappa shape index (κ1) is 25.4. The number of aromatic nitrogens is 2. The van der Waals surface area contributed by atoms with E-state index in [0.717, 1.165) is 41.7 Å². The average molecular weight is 474 g/mol. The SMILES string of the molecule is Cc1c(C)c(C)c(CNCC[C@H]2CC[C@@H](Nc3nc(N(C)C)c4ccccc4n3)CC2)c(C)c1C. The fourth-order valence-electron chi connectivity index (χ4n) is 5.61. The smallest absolute Gasteiger partial charge is 0.225 e. The van der Waals surface area contributed by atoms with Gasteiger partial charge < -0.3 is 15.5 Å². The van der Waals surface area contributed by atoms with E-state index in [-0.39, 0.29) is 0 Å². The molecule has 0 atom stereocenters. The van der Waals surface area contributed by atoms with E-state index >= 15 is 0 Å². The number of rotatable bonds is 8. The van der Waals surface area contributed by atoms with Crippen LogP contribution in [0.15, 0.2) is 24.3 Å². The van der Waals surface area contributed by atoms with Gasteiger partial charge in [-0.15, -0.1) is 0 Å². The van der Waals surface area contributed by atoms with Crippen LogP contribution in [0.5, 0.6) is 0 Å². The summed E-state index contributed by atoms with van der Waals surface area (Å²) in [5.74, 6) is 2.54. The van der Waals surface area contributed by atoms with Crippen LogP contribution in [0.2, 0.25) is 0 Å². The number of benzene rings is 2. The fraction of sp³-hybridized carbons (Fsp3) is 0.533. The molecule has 4 rings (SSSR count). The summed E-state index contributed by atoms with van der Waals surface area (Å²) < 4.78 is 0. The number of anilines is 2. The van der Waals surface area contributed by atoms with Gasteiger partial charge in [0.15, 0.2) is 0 Å². The third-order valence-corrected chi connectivity index (χ3v) is 8.37. The summed E-state index contributed by atoms with van der Waals surface area (Å²) in [6, 6.07) is 8.71. The van der Waals surface area contributed by atoms with E-state index in [9.17, 15) is 0 Å². The van der Waals surface area contributed by atoms with Crippen molar-refractivity contribution >= 4 is 22.7 Å². The zero-order chi connectivity index (χ0) is 25.1.